The fourth-order valence-corrected chi connectivity index (χ4v) is 1.11. The second-order valence-electron chi connectivity index (χ2n) is 2.47. The second kappa shape index (κ2) is 1.99. The third-order valence-corrected chi connectivity index (χ3v) is 1.66. The summed E-state index contributed by atoms with van der Waals surface area (Å²) in [5.41, 5.74) is 6.69. The van der Waals surface area contributed by atoms with Crippen molar-refractivity contribution in [2.75, 3.05) is 12.3 Å². The van der Waals surface area contributed by atoms with Gasteiger partial charge in [-0.05, 0) is 18.2 Å². The normalized spacial score (nSPS) is 14.4. The van der Waals surface area contributed by atoms with Crippen LogP contribution in [0.25, 0.3) is 0 Å². The summed E-state index contributed by atoms with van der Waals surface area (Å²) in [5.74, 6) is 0.650. The summed E-state index contributed by atoms with van der Waals surface area (Å²) in [6, 6.07) is 5.08. The number of fused-ring (bicyclic) bond motifs is 1. The Morgan fingerprint density at radius 2 is 2.27 bits per heavy atom. The van der Waals surface area contributed by atoms with Crippen molar-refractivity contribution in [3.8, 4) is 5.75 Å². The summed E-state index contributed by atoms with van der Waals surface area (Å²) >= 11 is 0. The van der Waals surface area contributed by atoms with Gasteiger partial charge < -0.3 is 10.5 Å². The van der Waals surface area contributed by atoms with Gasteiger partial charge in [-0.2, -0.15) is 0 Å². The first-order valence-electron chi connectivity index (χ1n) is 3.33. The largest absolute Gasteiger partial charge is 0.485 e. The van der Waals surface area contributed by atoms with Crippen molar-refractivity contribution in [2.24, 2.45) is 0 Å². The van der Waals surface area contributed by atoms with Gasteiger partial charge in [-0.1, -0.05) is 0 Å². The summed E-state index contributed by atoms with van der Waals surface area (Å²) in [5, 5.41) is 0. The lowest BCUT2D eigenvalue weighted by Gasteiger charge is -1.96. The van der Waals surface area contributed by atoms with E-state index >= 15 is 0 Å². The molecule has 11 heavy (non-hydrogen) atoms. The zero-order chi connectivity index (χ0) is 7.84. The first-order chi connectivity index (χ1) is 5.27. The maximum absolute atomic E-state index is 11.0. The number of ether oxygens (including phenoxy) is 1. The number of anilines is 1. The van der Waals surface area contributed by atoms with E-state index < -0.39 is 0 Å². The predicted molar refractivity (Wildman–Crippen MR) is 40.7 cm³/mol. The monoisotopic (exact) mass is 149 g/mol. The van der Waals surface area contributed by atoms with Gasteiger partial charge in [0.25, 0.3) is 0 Å². The van der Waals surface area contributed by atoms with Crippen LogP contribution in [-0.4, -0.2) is 12.4 Å². The lowest BCUT2D eigenvalue weighted by molar-refractivity contribution is 0.0961. The first-order valence-corrected chi connectivity index (χ1v) is 3.33. The Hall–Kier alpha value is -1.51. The molecule has 1 aliphatic rings. The molecular weight excluding hydrogens is 142 g/mol. The highest BCUT2D eigenvalue weighted by Crippen LogP contribution is 2.26. The number of hydrogen-bond acceptors (Lipinski definition) is 3. The molecule has 0 aromatic heterocycles. The highest BCUT2D eigenvalue weighted by Gasteiger charge is 2.20. The second-order valence-corrected chi connectivity index (χ2v) is 2.47. The molecule has 2 N–H and O–H groups in total. The molecule has 1 aromatic rings. The predicted octanol–water partition coefficient (Wildman–Crippen LogP) is 0.844. The van der Waals surface area contributed by atoms with E-state index in [1.165, 1.54) is 0 Å². The van der Waals surface area contributed by atoms with Crippen LogP contribution in [0.2, 0.25) is 0 Å². The number of ketones is 1. The van der Waals surface area contributed by atoms with Crippen molar-refractivity contribution in [3.63, 3.8) is 0 Å². The number of hydrogen-bond donors (Lipinski definition) is 1. The van der Waals surface area contributed by atoms with Crippen LogP contribution in [0.5, 0.6) is 5.75 Å². The zero-order valence-electron chi connectivity index (χ0n) is 5.83. The molecule has 0 saturated carbocycles. The van der Waals surface area contributed by atoms with Crippen LogP contribution in [0, 0.1) is 0 Å². The molecule has 0 aliphatic carbocycles. The summed E-state index contributed by atoms with van der Waals surface area (Å²) in [4.78, 5) is 11.0. The van der Waals surface area contributed by atoms with Gasteiger partial charge in [0, 0.05) is 5.69 Å². The molecule has 0 saturated heterocycles. The lowest BCUT2D eigenvalue weighted by Crippen LogP contribution is -1.99. The minimum absolute atomic E-state index is 0.00676. The molecule has 0 radical (unpaired) electrons. The summed E-state index contributed by atoms with van der Waals surface area (Å²) < 4.78 is 5.06. The molecule has 3 heteroatoms. The standard InChI is InChI=1S/C8H7NO2/c9-5-1-2-8-6(3-5)7(10)4-11-8/h1-3H,4,9H2. The Kier molecular flexibility index (Phi) is 1.12. The van der Waals surface area contributed by atoms with Gasteiger partial charge in [-0.15, -0.1) is 0 Å². The quantitative estimate of drug-likeness (QED) is 0.556. The van der Waals surface area contributed by atoms with Gasteiger partial charge in [-0.3, -0.25) is 4.79 Å². The molecule has 2 rings (SSSR count). The number of benzene rings is 1. The smallest absolute Gasteiger partial charge is 0.203 e. The minimum atomic E-state index is 0.00676. The summed E-state index contributed by atoms with van der Waals surface area (Å²) in [6.45, 7) is 0.152. The van der Waals surface area contributed by atoms with Crippen molar-refractivity contribution in [1.29, 1.82) is 0 Å². The molecule has 1 aromatic carbocycles. The van der Waals surface area contributed by atoms with Crippen LogP contribution < -0.4 is 10.5 Å². The van der Waals surface area contributed by atoms with Gasteiger partial charge in [0.1, 0.15) is 5.75 Å². The van der Waals surface area contributed by atoms with Crippen LogP contribution >= 0.6 is 0 Å². The van der Waals surface area contributed by atoms with E-state index in [9.17, 15) is 4.79 Å². The minimum Gasteiger partial charge on any atom is -0.485 e. The topological polar surface area (TPSA) is 52.3 Å². The number of carbonyl (C=O) groups is 1. The van der Waals surface area contributed by atoms with Crippen LogP contribution in [0.3, 0.4) is 0 Å². The van der Waals surface area contributed by atoms with Crippen molar-refractivity contribution < 1.29 is 9.53 Å². The third-order valence-electron chi connectivity index (χ3n) is 1.66. The van der Waals surface area contributed by atoms with E-state index in [1.54, 1.807) is 18.2 Å². The molecule has 1 aliphatic heterocycles. The van der Waals surface area contributed by atoms with Crippen LogP contribution in [0.15, 0.2) is 18.2 Å². The van der Waals surface area contributed by atoms with Gasteiger partial charge in [-0.25, -0.2) is 0 Å². The molecule has 0 amide bonds. The number of nitrogens with two attached hydrogens (primary N) is 1. The van der Waals surface area contributed by atoms with E-state index in [0.29, 0.717) is 17.0 Å². The Labute approximate surface area is 63.8 Å². The summed E-state index contributed by atoms with van der Waals surface area (Å²) in [7, 11) is 0. The maximum atomic E-state index is 11.0. The lowest BCUT2D eigenvalue weighted by atomic mass is 10.1. The van der Waals surface area contributed by atoms with Gasteiger partial charge in [0.15, 0.2) is 6.61 Å². The van der Waals surface area contributed by atoms with Gasteiger partial charge in [0.05, 0.1) is 5.56 Å². The van der Waals surface area contributed by atoms with E-state index in [1.807, 2.05) is 0 Å². The number of Topliss-reactive ketones (excluding diaryl/α,β-unsaturated/α-hetero) is 1. The highest BCUT2D eigenvalue weighted by molar-refractivity contribution is 6.02. The van der Waals surface area contributed by atoms with E-state index in [2.05, 4.69) is 0 Å². The molecule has 0 bridgehead atoms. The molecule has 56 valence electrons. The number of nitrogen functional groups attached to an aromatic ring is 1. The Balaban J connectivity index is 2.60. The van der Waals surface area contributed by atoms with Crippen molar-refractivity contribution in [3.05, 3.63) is 23.8 Å². The van der Waals surface area contributed by atoms with Crippen molar-refractivity contribution in [1.82, 2.24) is 0 Å². The molecular formula is C8H7NO2. The number of carbonyl (C=O) groups excluding carboxylic acids is 1. The first kappa shape index (κ1) is 6.22. The zero-order valence-corrected chi connectivity index (χ0v) is 5.83. The van der Waals surface area contributed by atoms with Crippen LogP contribution in [-0.2, 0) is 0 Å². The summed E-state index contributed by atoms with van der Waals surface area (Å²) in [6.07, 6.45) is 0. The molecule has 0 unspecified atom stereocenters. The van der Waals surface area contributed by atoms with E-state index in [-0.39, 0.29) is 12.4 Å². The SMILES string of the molecule is Nc1ccc2c(c1)C(=O)CO2. The average molecular weight is 149 g/mol. The number of rotatable bonds is 0. The Morgan fingerprint density at radius 3 is 3.09 bits per heavy atom. The van der Waals surface area contributed by atoms with E-state index in [4.69, 9.17) is 10.5 Å². The highest BCUT2D eigenvalue weighted by atomic mass is 16.5. The van der Waals surface area contributed by atoms with Crippen molar-refractivity contribution >= 4 is 11.5 Å². The van der Waals surface area contributed by atoms with Crippen LogP contribution in [0.4, 0.5) is 5.69 Å². The van der Waals surface area contributed by atoms with E-state index in [0.717, 1.165) is 0 Å². The average Bonchev–Trinajstić information content (AvgIpc) is 2.33. The van der Waals surface area contributed by atoms with Gasteiger partial charge in [0.2, 0.25) is 5.78 Å². The fraction of sp³-hybridized carbons (Fsp3) is 0.125. The fourth-order valence-electron chi connectivity index (χ4n) is 1.11. The third kappa shape index (κ3) is 0.852. The van der Waals surface area contributed by atoms with Gasteiger partial charge >= 0.3 is 0 Å². The Bertz CT molecular complexity index is 320. The maximum Gasteiger partial charge on any atom is 0.203 e. The van der Waals surface area contributed by atoms with Crippen LogP contribution in [0.1, 0.15) is 10.4 Å². The molecule has 0 spiro atoms. The molecule has 1 heterocycles. The molecule has 0 atom stereocenters. The van der Waals surface area contributed by atoms with Crippen molar-refractivity contribution in [2.45, 2.75) is 0 Å². The molecule has 0 fully saturated rings. The molecule has 3 nitrogen and oxygen atoms in total. The Morgan fingerprint density at radius 1 is 1.45 bits per heavy atom.